The average Bonchev–Trinajstić information content (AvgIpc) is 3.55. The average molecular weight is 725 g/mol. The molecule has 4 saturated carbocycles. The Kier molecular flexibility index (Phi) is 9.79. The maximum atomic E-state index is 14.2. The highest BCUT2D eigenvalue weighted by atomic mass is 16.7. The molecular weight excluding hydrogens is 664 g/mol. The van der Waals surface area contributed by atoms with Crippen LogP contribution in [0.4, 0.5) is 0 Å². The predicted octanol–water partition coefficient (Wildman–Crippen LogP) is 1.26. The lowest BCUT2D eigenvalue weighted by molar-refractivity contribution is -0.330. The van der Waals surface area contributed by atoms with Gasteiger partial charge in [-0.1, -0.05) is 27.7 Å². The van der Waals surface area contributed by atoms with E-state index < -0.39 is 67.2 Å². The zero-order valence-corrected chi connectivity index (χ0v) is 30.4. The van der Waals surface area contributed by atoms with Gasteiger partial charge in [0.05, 0.1) is 32.0 Å². The van der Waals surface area contributed by atoms with E-state index >= 15 is 0 Å². The van der Waals surface area contributed by atoms with E-state index in [-0.39, 0.29) is 41.8 Å². The minimum atomic E-state index is -1.59. The number of ketones is 1. The van der Waals surface area contributed by atoms with Crippen molar-refractivity contribution in [3.05, 3.63) is 0 Å². The van der Waals surface area contributed by atoms with Gasteiger partial charge in [0.25, 0.3) is 0 Å². The Morgan fingerprint density at radius 2 is 1.55 bits per heavy atom. The molecule has 13 nitrogen and oxygen atoms in total. The van der Waals surface area contributed by atoms with Gasteiger partial charge >= 0.3 is 0 Å². The summed E-state index contributed by atoms with van der Waals surface area (Å²) in [6.07, 6.45) is -4.98. The monoisotopic (exact) mass is 724 g/mol. The Balaban J connectivity index is 0.910. The van der Waals surface area contributed by atoms with Crippen LogP contribution in [-0.4, -0.2) is 130 Å². The summed E-state index contributed by atoms with van der Waals surface area (Å²) in [7, 11) is 0. The second-order valence-electron chi connectivity index (χ2n) is 18.3. The molecule has 0 aromatic heterocycles. The fraction of sp³-hybridized carbons (Fsp3) is 0.974. The molecule has 21 atom stereocenters. The normalized spacial score (nSPS) is 58.5. The molecule has 0 aromatic rings. The van der Waals surface area contributed by atoms with Crippen LogP contribution < -0.4 is 0 Å². The van der Waals surface area contributed by atoms with Gasteiger partial charge in [0.2, 0.25) is 0 Å². The van der Waals surface area contributed by atoms with E-state index in [9.17, 15) is 35.4 Å². The molecule has 0 radical (unpaired) electrons. The van der Waals surface area contributed by atoms with E-state index in [0.29, 0.717) is 54.8 Å². The van der Waals surface area contributed by atoms with E-state index in [0.717, 1.165) is 45.1 Å². The van der Waals surface area contributed by atoms with Gasteiger partial charge < -0.3 is 59.1 Å². The highest BCUT2D eigenvalue weighted by molar-refractivity contribution is 5.83. The number of hydrogen-bond donors (Lipinski definition) is 6. The smallest absolute Gasteiger partial charge is 0.186 e. The lowest BCUT2D eigenvalue weighted by Gasteiger charge is -2.60. The van der Waals surface area contributed by atoms with Crippen molar-refractivity contribution in [3.8, 4) is 0 Å². The van der Waals surface area contributed by atoms with Crippen molar-refractivity contribution in [2.24, 2.45) is 52.3 Å². The molecule has 6 N–H and O–H groups in total. The number of aliphatic hydroxyl groups is 6. The van der Waals surface area contributed by atoms with Crippen LogP contribution in [-0.2, 0) is 33.2 Å². The van der Waals surface area contributed by atoms with Crippen LogP contribution in [0.1, 0.15) is 85.5 Å². The van der Waals surface area contributed by atoms with Crippen LogP contribution in [0.5, 0.6) is 0 Å². The van der Waals surface area contributed by atoms with Gasteiger partial charge in [0.15, 0.2) is 18.4 Å². The van der Waals surface area contributed by atoms with Crippen molar-refractivity contribution in [3.63, 3.8) is 0 Å². The zero-order chi connectivity index (χ0) is 36.2. The van der Waals surface area contributed by atoms with Gasteiger partial charge in [-0.3, -0.25) is 4.79 Å². The number of rotatable bonds is 5. The second kappa shape index (κ2) is 13.4. The minimum absolute atomic E-state index is 0.118. The zero-order valence-electron chi connectivity index (χ0n) is 30.4. The van der Waals surface area contributed by atoms with Gasteiger partial charge in [-0.25, -0.2) is 0 Å². The lowest BCUT2D eigenvalue weighted by Crippen LogP contribution is -2.61. The Labute approximate surface area is 300 Å². The number of carbonyl (C=O) groups is 1. The van der Waals surface area contributed by atoms with Crippen LogP contribution in [0.3, 0.4) is 0 Å². The van der Waals surface area contributed by atoms with Crippen molar-refractivity contribution in [1.29, 1.82) is 0 Å². The van der Waals surface area contributed by atoms with Crippen LogP contribution in [0.15, 0.2) is 0 Å². The summed E-state index contributed by atoms with van der Waals surface area (Å²) in [5.74, 6) is 2.18. The van der Waals surface area contributed by atoms with E-state index in [4.69, 9.17) is 28.4 Å². The first-order valence-electron chi connectivity index (χ1n) is 19.6. The Hall–Kier alpha value is -0.810. The third-order valence-corrected chi connectivity index (χ3v) is 15.6. The molecule has 8 fully saturated rings. The summed E-state index contributed by atoms with van der Waals surface area (Å²) in [6.45, 7) is 9.54. The standard InChI is InChI=1S/C38H60O13/c1-17-5-10-38(48-14-17)18(2)28-26(51-38)13-22-20-12-24(39)23-11-19(6-8-36(23,3)21(20)7-9-37(22,28)4)49-35-33(45)31(43)30(42)27(50-35)16-47-34-32(44)29(41)25(40)15-46-34/h17-23,25-35,40-45H,5-16H2,1-4H3/t17-,18?,19+,20?,21?,22?,23-,25-,26?,27-,28?,29+,30-,31+,32-,33-,34+,35-,36-,37+,38?/m1/s1. The van der Waals surface area contributed by atoms with E-state index in [2.05, 4.69) is 27.7 Å². The number of ether oxygens (including phenoxy) is 6. The molecule has 7 unspecified atom stereocenters. The van der Waals surface area contributed by atoms with Crippen molar-refractivity contribution in [1.82, 2.24) is 0 Å². The second-order valence-corrected chi connectivity index (χ2v) is 18.3. The molecule has 0 amide bonds. The molecule has 4 saturated heterocycles. The lowest BCUT2D eigenvalue weighted by atomic mass is 9.44. The third-order valence-electron chi connectivity index (χ3n) is 15.6. The quantitative estimate of drug-likeness (QED) is 0.222. The van der Waals surface area contributed by atoms with Crippen LogP contribution in [0, 0.1) is 52.3 Å². The highest BCUT2D eigenvalue weighted by Crippen LogP contribution is 2.71. The molecule has 4 heterocycles. The molecule has 0 aromatic carbocycles. The molecule has 8 aliphatic rings. The highest BCUT2D eigenvalue weighted by Gasteiger charge is 2.70. The molecule has 13 heteroatoms. The topological polar surface area (TPSA) is 194 Å². The SMILES string of the molecule is CC1C2C(CC3C4CC(=O)[C@H]5C[C@@H](O[C@@H]6O[C@H](CO[C@@H]7OC[C@@H](O)[C@H](O)[C@H]7O)[C@@H](O)[C@H](O)[C@H]6O)CC[C@]5(C)C4CC[C@@]32C)OC12CC[C@@H](C)CO2. The molecule has 4 aliphatic heterocycles. The summed E-state index contributed by atoms with van der Waals surface area (Å²) in [5.41, 5.74) is -0.0420. The van der Waals surface area contributed by atoms with E-state index in [1.54, 1.807) is 0 Å². The minimum Gasteiger partial charge on any atom is -0.388 e. The largest absolute Gasteiger partial charge is 0.388 e. The molecular formula is C38H60O13. The van der Waals surface area contributed by atoms with Gasteiger partial charge in [0, 0.05) is 24.7 Å². The van der Waals surface area contributed by atoms with Crippen LogP contribution in [0.25, 0.3) is 0 Å². The van der Waals surface area contributed by atoms with E-state index in [1.807, 2.05) is 0 Å². The van der Waals surface area contributed by atoms with E-state index in [1.165, 1.54) is 0 Å². The number of fused-ring (bicyclic) bond motifs is 7. The fourth-order valence-corrected chi connectivity index (χ4v) is 12.6. The molecule has 290 valence electrons. The van der Waals surface area contributed by atoms with Gasteiger partial charge in [-0.15, -0.1) is 0 Å². The number of Topliss-reactive ketones (excluding diaryl/α,β-unsaturated/α-hetero) is 1. The summed E-state index contributed by atoms with van der Waals surface area (Å²) >= 11 is 0. The van der Waals surface area contributed by atoms with Crippen LogP contribution in [0.2, 0.25) is 0 Å². The van der Waals surface area contributed by atoms with Crippen LogP contribution >= 0.6 is 0 Å². The number of hydrogen-bond acceptors (Lipinski definition) is 13. The number of aliphatic hydroxyl groups excluding tert-OH is 6. The molecule has 51 heavy (non-hydrogen) atoms. The Morgan fingerprint density at radius 1 is 0.804 bits per heavy atom. The molecule has 4 aliphatic carbocycles. The van der Waals surface area contributed by atoms with Crippen molar-refractivity contribution in [2.45, 2.75) is 159 Å². The van der Waals surface area contributed by atoms with Gasteiger partial charge in [-0.2, -0.15) is 0 Å². The Morgan fingerprint density at radius 3 is 2.29 bits per heavy atom. The van der Waals surface area contributed by atoms with Gasteiger partial charge in [-0.05, 0) is 85.4 Å². The maximum Gasteiger partial charge on any atom is 0.186 e. The fourth-order valence-electron chi connectivity index (χ4n) is 12.6. The van der Waals surface area contributed by atoms with Crippen molar-refractivity contribution in [2.75, 3.05) is 19.8 Å². The van der Waals surface area contributed by atoms with Gasteiger partial charge in [0.1, 0.15) is 48.5 Å². The molecule has 8 rings (SSSR count). The molecule has 0 bridgehead atoms. The third kappa shape index (κ3) is 5.91. The summed E-state index contributed by atoms with van der Waals surface area (Å²) < 4.78 is 36.4. The summed E-state index contributed by atoms with van der Waals surface area (Å²) in [5, 5.41) is 62.1. The summed E-state index contributed by atoms with van der Waals surface area (Å²) in [6, 6.07) is 0. The predicted molar refractivity (Wildman–Crippen MR) is 177 cm³/mol. The Bertz CT molecular complexity index is 1290. The first kappa shape index (κ1) is 37.1. The first-order chi connectivity index (χ1) is 24.2. The maximum absolute atomic E-state index is 14.2. The first-order valence-corrected chi connectivity index (χ1v) is 19.6. The van der Waals surface area contributed by atoms with Crippen molar-refractivity contribution >= 4 is 5.78 Å². The molecule has 1 spiro atoms. The number of carbonyl (C=O) groups excluding carboxylic acids is 1. The van der Waals surface area contributed by atoms with Crippen molar-refractivity contribution < 1.29 is 63.9 Å². The summed E-state index contributed by atoms with van der Waals surface area (Å²) in [4.78, 5) is 14.2.